The lowest BCUT2D eigenvalue weighted by Gasteiger charge is -2.12. The van der Waals surface area contributed by atoms with Crippen molar-refractivity contribution in [2.45, 2.75) is 18.9 Å². The number of benzene rings is 1. The quantitative estimate of drug-likeness (QED) is 0.867. The van der Waals surface area contributed by atoms with Gasteiger partial charge >= 0.3 is 0 Å². The number of halogens is 3. The van der Waals surface area contributed by atoms with Crippen LogP contribution in [-0.4, -0.2) is 31.6 Å². The molecule has 1 aromatic rings. The number of hydrogen-bond donors (Lipinski definition) is 2. The number of ether oxygens (including phenoxy) is 1. The van der Waals surface area contributed by atoms with Crippen LogP contribution in [0.15, 0.2) is 18.2 Å². The van der Waals surface area contributed by atoms with Crippen molar-refractivity contribution in [1.82, 2.24) is 10.6 Å². The third-order valence-electron chi connectivity index (χ3n) is 2.91. The van der Waals surface area contributed by atoms with Crippen LogP contribution in [0.3, 0.4) is 0 Å². The first-order valence-electron chi connectivity index (χ1n) is 6.23. The molecule has 0 saturated carbocycles. The van der Waals surface area contributed by atoms with E-state index in [-0.39, 0.29) is 24.4 Å². The number of carbonyl (C=O) groups excluding carboxylic acids is 1. The molecular formula is C13H17Cl3N2O2. The summed E-state index contributed by atoms with van der Waals surface area (Å²) in [6.07, 6.45) is 1.30. The highest BCUT2D eigenvalue weighted by Crippen LogP contribution is 2.27. The first-order valence-corrected chi connectivity index (χ1v) is 6.98. The summed E-state index contributed by atoms with van der Waals surface area (Å²) in [5.41, 5.74) is 0. The smallest absolute Gasteiger partial charge is 0.223 e. The number of nitrogens with one attached hydrogen (secondary N) is 2. The van der Waals surface area contributed by atoms with E-state index >= 15 is 0 Å². The molecule has 4 nitrogen and oxygen atoms in total. The van der Waals surface area contributed by atoms with E-state index < -0.39 is 0 Å². The zero-order chi connectivity index (χ0) is 13.7. The highest BCUT2D eigenvalue weighted by atomic mass is 35.5. The van der Waals surface area contributed by atoms with Crippen LogP contribution in [0.2, 0.25) is 10.0 Å². The van der Waals surface area contributed by atoms with Gasteiger partial charge in [-0.25, -0.2) is 0 Å². The molecule has 112 valence electrons. The molecule has 0 radical (unpaired) electrons. The van der Waals surface area contributed by atoms with E-state index in [1.807, 2.05) is 0 Å². The Balaban J connectivity index is 0.00000200. The average molecular weight is 340 g/mol. The van der Waals surface area contributed by atoms with Gasteiger partial charge in [-0.3, -0.25) is 4.79 Å². The standard InChI is InChI=1S/C13H16Cl2N2O2.ClH/c14-9-1-2-12(11(15)7-9)19-6-4-13(18)17-10-3-5-16-8-10;/h1-2,7,10,16H,3-6,8H2,(H,17,18);1H. The van der Waals surface area contributed by atoms with Crippen molar-refractivity contribution < 1.29 is 9.53 Å². The van der Waals surface area contributed by atoms with Crippen LogP contribution in [0.5, 0.6) is 5.75 Å². The maximum absolute atomic E-state index is 11.7. The van der Waals surface area contributed by atoms with Gasteiger partial charge in [-0.2, -0.15) is 0 Å². The molecule has 1 heterocycles. The molecule has 1 unspecified atom stereocenters. The van der Waals surface area contributed by atoms with E-state index in [1.54, 1.807) is 18.2 Å². The van der Waals surface area contributed by atoms with Gasteiger partial charge in [0.05, 0.1) is 18.1 Å². The van der Waals surface area contributed by atoms with Gasteiger partial charge in [0, 0.05) is 17.6 Å². The molecular weight excluding hydrogens is 323 g/mol. The Morgan fingerprint density at radius 2 is 2.25 bits per heavy atom. The largest absolute Gasteiger partial charge is 0.491 e. The van der Waals surface area contributed by atoms with Crippen LogP contribution in [0.1, 0.15) is 12.8 Å². The number of hydrogen-bond acceptors (Lipinski definition) is 3. The molecule has 1 aliphatic rings. The summed E-state index contributed by atoms with van der Waals surface area (Å²) in [5, 5.41) is 7.16. The molecule has 2 rings (SSSR count). The molecule has 1 atom stereocenters. The highest BCUT2D eigenvalue weighted by Gasteiger charge is 2.16. The second-order valence-corrected chi connectivity index (χ2v) is 5.27. The van der Waals surface area contributed by atoms with Crippen molar-refractivity contribution in [3.8, 4) is 5.75 Å². The Morgan fingerprint density at radius 3 is 2.90 bits per heavy atom. The minimum Gasteiger partial charge on any atom is -0.491 e. The number of rotatable bonds is 5. The summed E-state index contributed by atoms with van der Waals surface area (Å²) in [4.78, 5) is 11.7. The van der Waals surface area contributed by atoms with E-state index in [9.17, 15) is 4.79 Å². The summed E-state index contributed by atoms with van der Waals surface area (Å²) in [6, 6.07) is 5.26. The third-order valence-corrected chi connectivity index (χ3v) is 3.44. The second kappa shape index (κ2) is 8.57. The summed E-state index contributed by atoms with van der Waals surface area (Å²) in [7, 11) is 0. The van der Waals surface area contributed by atoms with Crippen LogP contribution in [-0.2, 0) is 4.79 Å². The van der Waals surface area contributed by atoms with Crippen molar-refractivity contribution in [1.29, 1.82) is 0 Å². The van der Waals surface area contributed by atoms with Crippen LogP contribution >= 0.6 is 35.6 Å². The van der Waals surface area contributed by atoms with Crippen LogP contribution in [0.4, 0.5) is 0 Å². The van der Waals surface area contributed by atoms with Gasteiger partial charge < -0.3 is 15.4 Å². The SMILES string of the molecule is Cl.O=C(CCOc1ccc(Cl)cc1Cl)NC1CCNC1. The fraction of sp³-hybridized carbons (Fsp3) is 0.462. The van der Waals surface area contributed by atoms with Crippen LogP contribution in [0.25, 0.3) is 0 Å². The maximum Gasteiger partial charge on any atom is 0.223 e. The lowest BCUT2D eigenvalue weighted by Crippen LogP contribution is -2.36. The lowest BCUT2D eigenvalue weighted by molar-refractivity contribution is -0.122. The van der Waals surface area contributed by atoms with Crippen LogP contribution < -0.4 is 15.4 Å². The highest BCUT2D eigenvalue weighted by molar-refractivity contribution is 6.35. The molecule has 0 spiro atoms. The molecule has 1 aliphatic heterocycles. The Kier molecular flexibility index (Phi) is 7.45. The first kappa shape index (κ1) is 17.4. The third kappa shape index (κ3) is 5.37. The van der Waals surface area contributed by atoms with Gasteiger partial charge in [0.25, 0.3) is 0 Å². The summed E-state index contributed by atoms with van der Waals surface area (Å²) < 4.78 is 5.46. The van der Waals surface area contributed by atoms with Crippen molar-refractivity contribution in [3.05, 3.63) is 28.2 Å². The zero-order valence-corrected chi connectivity index (χ0v) is 13.2. The Bertz CT molecular complexity index is 451. The number of amides is 1. The minimum absolute atomic E-state index is 0. The molecule has 20 heavy (non-hydrogen) atoms. The summed E-state index contributed by atoms with van der Waals surface area (Å²) in [5.74, 6) is 0.542. The van der Waals surface area contributed by atoms with Crippen molar-refractivity contribution in [3.63, 3.8) is 0 Å². The normalized spacial score (nSPS) is 17.4. The summed E-state index contributed by atoms with van der Waals surface area (Å²) >= 11 is 11.8. The molecule has 2 N–H and O–H groups in total. The fourth-order valence-corrected chi connectivity index (χ4v) is 2.39. The van der Waals surface area contributed by atoms with Crippen molar-refractivity contribution >= 4 is 41.5 Å². The lowest BCUT2D eigenvalue weighted by atomic mass is 10.2. The van der Waals surface area contributed by atoms with Crippen molar-refractivity contribution in [2.24, 2.45) is 0 Å². The molecule has 0 aromatic heterocycles. The van der Waals surface area contributed by atoms with E-state index in [4.69, 9.17) is 27.9 Å². The Hall–Kier alpha value is -0.680. The van der Waals surface area contributed by atoms with Gasteiger partial charge in [0.15, 0.2) is 0 Å². The zero-order valence-electron chi connectivity index (χ0n) is 10.8. The molecule has 0 aliphatic carbocycles. The Labute approximate surface area is 134 Å². The molecule has 7 heteroatoms. The molecule has 1 saturated heterocycles. The minimum atomic E-state index is -0.00112. The van der Waals surface area contributed by atoms with Gasteiger partial charge in [0.1, 0.15) is 5.75 Å². The predicted octanol–water partition coefficient (Wildman–Crippen LogP) is 2.66. The molecule has 1 aromatic carbocycles. The van der Waals surface area contributed by atoms with Gasteiger partial charge in [-0.15, -0.1) is 12.4 Å². The first-order chi connectivity index (χ1) is 9.15. The second-order valence-electron chi connectivity index (χ2n) is 4.43. The molecule has 1 amide bonds. The van der Waals surface area contributed by atoms with Crippen LogP contribution in [0, 0.1) is 0 Å². The Morgan fingerprint density at radius 1 is 1.45 bits per heavy atom. The maximum atomic E-state index is 11.7. The van der Waals surface area contributed by atoms with Gasteiger partial charge in [0.2, 0.25) is 5.91 Å². The molecule has 1 fully saturated rings. The average Bonchev–Trinajstić information content (AvgIpc) is 2.84. The topological polar surface area (TPSA) is 50.4 Å². The van der Waals surface area contributed by atoms with E-state index in [1.165, 1.54) is 0 Å². The fourth-order valence-electron chi connectivity index (χ4n) is 1.92. The van der Waals surface area contributed by atoms with Gasteiger partial charge in [-0.05, 0) is 31.2 Å². The van der Waals surface area contributed by atoms with E-state index in [0.717, 1.165) is 19.5 Å². The molecule has 0 bridgehead atoms. The van der Waals surface area contributed by atoms with E-state index in [0.29, 0.717) is 28.8 Å². The van der Waals surface area contributed by atoms with Gasteiger partial charge in [-0.1, -0.05) is 23.2 Å². The van der Waals surface area contributed by atoms with Crippen molar-refractivity contribution in [2.75, 3.05) is 19.7 Å². The summed E-state index contributed by atoms with van der Waals surface area (Å²) in [6.45, 7) is 2.10. The predicted molar refractivity (Wildman–Crippen MR) is 83.2 cm³/mol. The monoisotopic (exact) mass is 338 g/mol. The number of carbonyl (C=O) groups is 1. The van der Waals surface area contributed by atoms with E-state index in [2.05, 4.69) is 10.6 Å².